The van der Waals surface area contributed by atoms with Gasteiger partial charge in [-0.1, -0.05) is 24.3 Å². The molecule has 0 bridgehead atoms. The maximum absolute atomic E-state index is 13.7. The summed E-state index contributed by atoms with van der Waals surface area (Å²) in [5.74, 6) is -2.99. The van der Waals surface area contributed by atoms with Gasteiger partial charge in [-0.05, 0) is 37.6 Å². The lowest BCUT2D eigenvalue weighted by molar-refractivity contribution is 0.496. The first-order valence-corrected chi connectivity index (χ1v) is 6.42. The van der Waals surface area contributed by atoms with Crippen molar-refractivity contribution in [2.75, 3.05) is 7.05 Å². The number of hydrogen-bond acceptors (Lipinski definition) is 1. The summed E-state index contributed by atoms with van der Waals surface area (Å²) >= 11 is 0. The molecule has 0 aromatic heterocycles. The van der Waals surface area contributed by atoms with E-state index in [1.54, 1.807) is 12.1 Å². The van der Waals surface area contributed by atoms with Crippen LogP contribution in [0.3, 0.4) is 0 Å². The fraction of sp³-hybridized carbons (Fsp3) is 0.250. The lowest BCUT2D eigenvalue weighted by Crippen LogP contribution is -2.23. The molecule has 0 aliphatic carbocycles. The number of halogens is 3. The fourth-order valence-corrected chi connectivity index (χ4v) is 2.02. The number of benzene rings is 2. The van der Waals surface area contributed by atoms with E-state index in [1.165, 1.54) is 0 Å². The molecule has 0 fully saturated rings. The van der Waals surface area contributed by atoms with Crippen LogP contribution in [-0.2, 0) is 6.42 Å². The van der Waals surface area contributed by atoms with Crippen molar-refractivity contribution in [2.24, 2.45) is 0 Å². The van der Waals surface area contributed by atoms with Gasteiger partial charge in [0.25, 0.3) is 0 Å². The standard InChI is InChI=1S/C16H16F3N/c1-10(20-2)7-11-3-5-12(6-4-11)13-8-15(18)16(19)9-14(13)17/h3-6,8-10,20H,7H2,1-2H3. The molecule has 1 N–H and O–H groups in total. The van der Waals surface area contributed by atoms with Crippen LogP contribution < -0.4 is 5.32 Å². The Morgan fingerprint density at radius 3 is 2.15 bits per heavy atom. The van der Waals surface area contributed by atoms with Crippen molar-refractivity contribution in [1.29, 1.82) is 0 Å². The molecule has 106 valence electrons. The molecule has 0 amide bonds. The van der Waals surface area contributed by atoms with E-state index in [9.17, 15) is 13.2 Å². The maximum Gasteiger partial charge on any atom is 0.161 e. The van der Waals surface area contributed by atoms with E-state index in [-0.39, 0.29) is 5.56 Å². The van der Waals surface area contributed by atoms with Gasteiger partial charge in [0.1, 0.15) is 5.82 Å². The van der Waals surface area contributed by atoms with Gasteiger partial charge in [-0.25, -0.2) is 13.2 Å². The van der Waals surface area contributed by atoms with E-state index in [1.807, 2.05) is 19.2 Å². The molecule has 0 radical (unpaired) electrons. The Morgan fingerprint density at radius 2 is 1.55 bits per heavy atom. The molecule has 1 atom stereocenters. The van der Waals surface area contributed by atoms with Crippen LogP contribution in [0.25, 0.3) is 11.1 Å². The van der Waals surface area contributed by atoms with Crippen molar-refractivity contribution in [3.8, 4) is 11.1 Å². The minimum Gasteiger partial charge on any atom is -0.317 e. The Kier molecular flexibility index (Phi) is 4.45. The van der Waals surface area contributed by atoms with Gasteiger partial charge in [0.05, 0.1) is 0 Å². The Hall–Kier alpha value is -1.81. The zero-order chi connectivity index (χ0) is 14.7. The Balaban J connectivity index is 2.28. The summed E-state index contributed by atoms with van der Waals surface area (Å²) in [6.45, 7) is 2.06. The minimum absolute atomic E-state index is 0.0668. The van der Waals surface area contributed by atoms with Crippen LogP contribution in [0.5, 0.6) is 0 Å². The Labute approximate surface area is 116 Å². The molecule has 0 saturated heterocycles. The lowest BCUT2D eigenvalue weighted by Gasteiger charge is -2.11. The second kappa shape index (κ2) is 6.09. The third-order valence-corrected chi connectivity index (χ3v) is 3.31. The van der Waals surface area contributed by atoms with Crippen LogP contribution in [0.2, 0.25) is 0 Å². The highest BCUT2D eigenvalue weighted by atomic mass is 19.2. The molecule has 2 rings (SSSR count). The second-order valence-electron chi connectivity index (χ2n) is 4.84. The summed E-state index contributed by atoms with van der Waals surface area (Å²) in [7, 11) is 1.88. The van der Waals surface area contributed by atoms with Crippen molar-refractivity contribution < 1.29 is 13.2 Å². The monoisotopic (exact) mass is 279 g/mol. The van der Waals surface area contributed by atoms with E-state index in [4.69, 9.17) is 0 Å². The Morgan fingerprint density at radius 1 is 0.950 bits per heavy atom. The highest BCUT2D eigenvalue weighted by Gasteiger charge is 2.11. The molecular weight excluding hydrogens is 263 g/mol. The average Bonchev–Trinajstić information content (AvgIpc) is 2.44. The molecule has 1 unspecified atom stereocenters. The molecule has 4 heteroatoms. The van der Waals surface area contributed by atoms with Gasteiger partial charge in [-0.15, -0.1) is 0 Å². The zero-order valence-corrected chi connectivity index (χ0v) is 11.4. The third-order valence-electron chi connectivity index (χ3n) is 3.31. The van der Waals surface area contributed by atoms with E-state index in [0.717, 1.165) is 18.1 Å². The van der Waals surface area contributed by atoms with Gasteiger partial charge >= 0.3 is 0 Å². The SMILES string of the molecule is CNC(C)Cc1ccc(-c2cc(F)c(F)cc2F)cc1. The van der Waals surface area contributed by atoms with Gasteiger partial charge < -0.3 is 5.32 Å². The van der Waals surface area contributed by atoms with Crippen LogP contribution in [0.1, 0.15) is 12.5 Å². The van der Waals surface area contributed by atoms with Crippen LogP contribution in [-0.4, -0.2) is 13.1 Å². The highest BCUT2D eigenvalue weighted by Crippen LogP contribution is 2.25. The lowest BCUT2D eigenvalue weighted by atomic mass is 10.0. The summed E-state index contributed by atoms with van der Waals surface area (Å²) in [5.41, 5.74) is 1.69. The quantitative estimate of drug-likeness (QED) is 0.836. The van der Waals surface area contributed by atoms with E-state index < -0.39 is 17.5 Å². The predicted molar refractivity (Wildman–Crippen MR) is 74.0 cm³/mol. The molecule has 0 spiro atoms. The summed E-state index contributed by atoms with van der Waals surface area (Å²) in [6, 6.07) is 8.95. The highest BCUT2D eigenvalue weighted by molar-refractivity contribution is 5.64. The van der Waals surface area contributed by atoms with Gasteiger partial charge in [0.2, 0.25) is 0 Å². The van der Waals surface area contributed by atoms with Gasteiger partial charge in [0, 0.05) is 17.7 Å². The fourth-order valence-electron chi connectivity index (χ4n) is 2.02. The largest absolute Gasteiger partial charge is 0.317 e. The van der Waals surface area contributed by atoms with Crippen molar-refractivity contribution >= 4 is 0 Å². The number of hydrogen-bond donors (Lipinski definition) is 1. The normalized spacial score (nSPS) is 12.4. The van der Waals surface area contributed by atoms with Gasteiger partial charge in [0.15, 0.2) is 11.6 Å². The molecule has 0 aliphatic rings. The van der Waals surface area contributed by atoms with Crippen LogP contribution in [0.15, 0.2) is 36.4 Å². The molecule has 0 aliphatic heterocycles. The van der Waals surface area contributed by atoms with Crippen molar-refractivity contribution in [3.63, 3.8) is 0 Å². The molecule has 20 heavy (non-hydrogen) atoms. The van der Waals surface area contributed by atoms with E-state index >= 15 is 0 Å². The van der Waals surface area contributed by atoms with Gasteiger partial charge in [-0.3, -0.25) is 0 Å². The minimum atomic E-state index is -1.18. The molecule has 2 aromatic rings. The van der Waals surface area contributed by atoms with Crippen molar-refractivity contribution in [1.82, 2.24) is 5.32 Å². The first kappa shape index (κ1) is 14.6. The summed E-state index contributed by atoms with van der Waals surface area (Å²) in [6.07, 6.45) is 0.844. The molecule has 0 heterocycles. The van der Waals surface area contributed by atoms with E-state index in [2.05, 4.69) is 12.2 Å². The van der Waals surface area contributed by atoms with Crippen LogP contribution in [0, 0.1) is 17.5 Å². The molecule has 2 aromatic carbocycles. The predicted octanol–water partition coefficient (Wildman–Crippen LogP) is 3.92. The van der Waals surface area contributed by atoms with E-state index in [0.29, 0.717) is 17.7 Å². The molecule has 0 saturated carbocycles. The van der Waals surface area contributed by atoms with Gasteiger partial charge in [-0.2, -0.15) is 0 Å². The third kappa shape index (κ3) is 3.20. The van der Waals surface area contributed by atoms with Crippen LogP contribution in [0.4, 0.5) is 13.2 Å². The number of nitrogens with one attached hydrogen (secondary N) is 1. The summed E-state index contributed by atoms with van der Waals surface area (Å²) in [5, 5.41) is 3.13. The van der Waals surface area contributed by atoms with Crippen molar-refractivity contribution in [3.05, 3.63) is 59.4 Å². The first-order chi connectivity index (χ1) is 9.51. The molecular formula is C16H16F3N. The molecule has 1 nitrogen and oxygen atoms in total. The number of likely N-dealkylation sites (N-methyl/N-ethyl adjacent to an activating group) is 1. The smallest absolute Gasteiger partial charge is 0.161 e. The zero-order valence-electron chi connectivity index (χ0n) is 11.4. The Bertz CT molecular complexity index is 593. The topological polar surface area (TPSA) is 12.0 Å². The number of rotatable bonds is 4. The summed E-state index contributed by atoms with van der Waals surface area (Å²) < 4.78 is 39.8. The van der Waals surface area contributed by atoms with Crippen LogP contribution >= 0.6 is 0 Å². The summed E-state index contributed by atoms with van der Waals surface area (Å²) in [4.78, 5) is 0. The average molecular weight is 279 g/mol. The second-order valence-corrected chi connectivity index (χ2v) is 4.84. The maximum atomic E-state index is 13.7. The van der Waals surface area contributed by atoms with Crippen molar-refractivity contribution in [2.45, 2.75) is 19.4 Å². The first-order valence-electron chi connectivity index (χ1n) is 6.42.